The molecule has 39 heavy (non-hydrogen) atoms. The third-order valence-electron chi connectivity index (χ3n) is 6.19. The van der Waals surface area contributed by atoms with E-state index in [0.717, 1.165) is 6.42 Å². The van der Waals surface area contributed by atoms with E-state index < -0.39 is 11.4 Å². The fraction of sp³-hybridized carbons (Fsp3) is 0.286. The van der Waals surface area contributed by atoms with Crippen LogP contribution in [0.5, 0.6) is 17.2 Å². The zero-order valence-electron chi connectivity index (χ0n) is 21.7. The van der Waals surface area contributed by atoms with Crippen LogP contribution < -0.4 is 14.2 Å². The van der Waals surface area contributed by atoms with Gasteiger partial charge in [-0.05, 0) is 61.4 Å². The molecule has 4 rings (SSSR count). The van der Waals surface area contributed by atoms with Crippen molar-refractivity contribution in [2.24, 2.45) is 0 Å². The van der Waals surface area contributed by atoms with Crippen molar-refractivity contribution in [2.75, 3.05) is 20.8 Å². The van der Waals surface area contributed by atoms with Crippen molar-refractivity contribution in [2.45, 2.75) is 31.8 Å². The van der Waals surface area contributed by atoms with Crippen LogP contribution in [0.2, 0.25) is 5.02 Å². The molecule has 2 heterocycles. The average Bonchev–Trinajstić information content (AvgIpc) is 3.51. The summed E-state index contributed by atoms with van der Waals surface area (Å²) < 4.78 is 30.3. The highest BCUT2D eigenvalue weighted by atomic mass is 35.5. The van der Waals surface area contributed by atoms with Gasteiger partial charge in [-0.25, -0.2) is 9.37 Å². The number of carbonyl (C=O) groups excluding carboxylic acids is 1. The molecule has 2 aromatic carbocycles. The van der Waals surface area contributed by atoms with E-state index >= 15 is 0 Å². The number of halogens is 2. The highest BCUT2D eigenvalue weighted by Crippen LogP contribution is 2.37. The number of benzene rings is 2. The third kappa shape index (κ3) is 6.02. The molecule has 0 aliphatic carbocycles. The Morgan fingerprint density at radius 2 is 1.82 bits per heavy atom. The highest BCUT2D eigenvalue weighted by Gasteiger charge is 2.37. The number of pyridine rings is 1. The lowest BCUT2D eigenvalue weighted by molar-refractivity contribution is 0.0560. The molecule has 11 heteroatoms. The lowest BCUT2D eigenvalue weighted by atomic mass is 9.87. The predicted molar refractivity (Wildman–Crippen MR) is 143 cm³/mol. The summed E-state index contributed by atoms with van der Waals surface area (Å²) in [7, 11) is 2.98. The van der Waals surface area contributed by atoms with E-state index in [2.05, 4.69) is 20.4 Å². The van der Waals surface area contributed by atoms with Gasteiger partial charge in [-0.3, -0.25) is 4.79 Å². The highest BCUT2D eigenvalue weighted by molar-refractivity contribution is 6.31. The normalized spacial score (nSPS) is 12.6. The second-order valence-corrected chi connectivity index (χ2v) is 9.14. The number of aliphatic hydroxyl groups is 1. The maximum atomic E-state index is 13.8. The van der Waals surface area contributed by atoms with E-state index in [1.54, 1.807) is 30.3 Å². The van der Waals surface area contributed by atoms with Crippen LogP contribution in [0.3, 0.4) is 0 Å². The summed E-state index contributed by atoms with van der Waals surface area (Å²) in [6, 6.07) is 12.3. The number of nitrogens with zero attached hydrogens (tertiary/aromatic N) is 3. The van der Waals surface area contributed by atoms with Crippen molar-refractivity contribution >= 4 is 17.4 Å². The van der Waals surface area contributed by atoms with Gasteiger partial charge in [0, 0.05) is 17.5 Å². The van der Waals surface area contributed by atoms with Crippen molar-refractivity contribution in [1.82, 2.24) is 20.4 Å². The molecule has 0 amide bonds. The summed E-state index contributed by atoms with van der Waals surface area (Å²) in [6.07, 6.45) is 2.10. The van der Waals surface area contributed by atoms with Crippen LogP contribution in [0.25, 0.3) is 11.3 Å². The van der Waals surface area contributed by atoms with Gasteiger partial charge in [0.25, 0.3) is 0 Å². The van der Waals surface area contributed by atoms with Gasteiger partial charge in [0.1, 0.15) is 23.0 Å². The number of rotatable bonds is 12. The zero-order chi connectivity index (χ0) is 28.0. The van der Waals surface area contributed by atoms with Gasteiger partial charge in [0.05, 0.1) is 37.7 Å². The van der Waals surface area contributed by atoms with Gasteiger partial charge < -0.3 is 19.3 Å². The molecule has 0 saturated carbocycles. The van der Waals surface area contributed by atoms with Gasteiger partial charge in [-0.2, -0.15) is 15.4 Å². The SMILES string of the molecule is CCCOc1ccc(C(=O)CCC(O)(c2cn[nH]n2)c2ccc(OC)c(-c3ccc(F)c(Cl)c3)n2)cc1OC. The molecule has 0 spiro atoms. The molecular formula is C28H28ClFN4O5. The summed E-state index contributed by atoms with van der Waals surface area (Å²) in [5, 5.41) is 22.2. The van der Waals surface area contributed by atoms with E-state index in [4.69, 9.17) is 25.8 Å². The lowest BCUT2D eigenvalue weighted by Gasteiger charge is -2.26. The first-order chi connectivity index (χ1) is 18.8. The van der Waals surface area contributed by atoms with Gasteiger partial charge in [0.15, 0.2) is 22.9 Å². The third-order valence-corrected chi connectivity index (χ3v) is 6.48. The summed E-state index contributed by atoms with van der Waals surface area (Å²) in [5.74, 6) is 0.579. The summed E-state index contributed by atoms with van der Waals surface area (Å²) in [5.41, 5.74) is -0.198. The Labute approximate surface area is 229 Å². The number of methoxy groups -OCH3 is 2. The van der Waals surface area contributed by atoms with Crippen molar-refractivity contribution in [3.05, 3.63) is 82.5 Å². The predicted octanol–water partition coefficient (Wildman–Crippen LogP) is 5.36. The maximum Gasteiger partial charge on any atom is 0.163 e. The first-order valence-electron chi connectivity index (χ1n) is 12.2. The number of nitrogens with one attached hydrogen (secondary N) is 1. The molecule has 4 aromatic rings. The Kier molecular flexibility index (Phi) is 8.78. The number of ketones is 1. The van der Waals surface area contributed by atoms with Crippen LogP contribution in [0, 0.1) is 5.82 Å². The van der Waals surface area contributed by atoms with Gasteiger partial charge in [-0.1, -0.05) is 18.5 Å². The molecule has 0 saturated heterocycles. The van der Waals surface area contributed by atoms with Gasteiger partial charge in [-0.15, -0.1) is 0 Å². The van der Waals surface area contributed by atoms with E-state index in [1.165, 1.54) is 38.6 Å². The first-order valence-corrected chi connectivity index (χ1v) is 12.6. The fourth-order valence-corrected chi connectivity index (χ4v) is 4.27. The Bertz CT molecular complexity index is 1450. The van der Waals surface area contributed by atoms with Gasteiger partial charge >= 0.3 is 0 Å². The molecule has 2 aromatic heterocycles. The number of aromatic amines is 1. The second kappa shape index (κ2) is 12.2. The lowest BCUT2D eigenvalue weighted by Crippen LogP contribution is -2.30. The summed E-state index contributed by atoms with van der Waals surface area (Å²) in [4.78, 5) is 17.8. The standard InChI is InChI=1S/C28H28ClFN4O5/c1-4-13-39-22-8-6-17(15-24(22)38-3)21(35)11-12-28(36,26-16-31-34-33-26)25-10-9-23(37-2)27(32-25)18-5-7-20(30)19(29)14-18/h5-10,14-16,36H,4,11-13H2,1-3H3,(H,31,33,34). The Balaban J connectivity index is 1.67. The number of Topliss-reactive ketones (excluding diaryl/α,β-unsaturated/α-hetero) is 1. The Morgan fingerprint density at radius 3 is 2.49 bits per heavy atom. The minimum atomic E-state index is -1.79. The Hall–Kier alpha value is -4.02. The van der Waals surface area contributed by atoms with Crippen LogP contribution in [-0.2, 0) is 5.60 Å². The maximum absolute atomic E-state index is 13.8. The molecule has 0 radical (unpaired) electrons. The number of hydrogen-bond acceptors (Lipinski definition) is 8. The van der Waals surface area contributed by atoms with Crippen molar-refractivity contribution in [1.29, 1.82) is 0 Å². The molecule has 2 N–H and O–H groups in total. The molecule has 0 fully saturated rings. The molecular weight excluding hydrogens is 527 g/mol. The van der Waals surface area contributed by atoms with Crippen molar-refractivity contribution < 1.29 is 28.5 Å². The van der Waals surface area contributed by atoms with Gasteiger partial charge in [0.2, 0.25) is 0 Å². The summed E-state index contributed by atoms with van der Waals surface area (Å²) >= 11 is 6.00. The number of carbonyl (C=O) groups is 1. The van der Waals surface area contributed by atoms with E-state index in [1.807, 2.05) is 6.92 Å². The van der Waals surface area contributed by atoms with Crippen LogP contribution in [0.1, 0.15) is 47.9 Å². The first kappa shape index (κ1) is 28.0. The van der Waals surface area contributed by atoms with Crippen molar-refractivity contribution in [3.8, 4) is 28.5 Å². The van der Waals surface area contributed by atoms with Crippen LogP contribution in [0.4, 0.5) is 4.39 Å². The molecule has 204 valence electrons. The number of H-pyrrole nitrogens is 1. The molecule has 0 bridgehead atoms. The zero-order valence-corrected chi connectivity index (χ0v) is 22.5. The van der Waals surface area contributed by atoms with E-state index in [0.29, 0.717) is 40.7 Å². The number of aromatic nitrogens is 4. The second-order valence-electron chi connectivity index (χ2n) is 8.73. The minimum absolute atomic E-state index is 0.0485. The van der Waals surface area contributed by atoms with Crippen LogP contribution >= 0.6 is 11.6 Å². The molecule has 9 nitrogen and oxygen atoms in total. The fourth-order valence-electron chi connectivity index (χ4n) is 4.09. The molecule has 1 atom stereocenters. The number of ether oxygens (including phenoxy) is 3. The van der Waals surface area contributed by atoms with Crippen molar-refractivity contribution in [3.63, 3.8) is 0 Å². The topological polar surface area (TPSA) is 119 Å². The van der Waals surface area contributed by atoms with E-state index in [9.17, 15) is 14.3 Å². The smallest absolute Gasteiger partial charge is 0.163 e. The molecule has 0 aliphatic heterocycles. The quantitative estimate of drug-likeness (QED) is 0.224. The minimum Gasteiger partial charge on any atom is -0.494 e. The largest absolute Gasteiger partial charge is 0.494 e. The Morgan fingerprint density at radius 1 is 1.05 bits per heavy atom. The van der Waals surface area contributed by atoms with Crippen LogP contribution in [0.15, 0.2) is 54.7 Å². The molecule has 1 unspecified atom stereocenters. The molecule has 0 aliphatic rings. The van der Waals surface area contributed by atoms with E-state index in [-0.39, 0.29) is 35.0 Å². The number of hydrogen-bond donors (Lipinski definition) is 2. The average molecular weight is 555 g/mol. The van der Waals surface area contributed by atoms with Crippen LogP contribution in [-0.4, -0.2) is 52.1 Å². The monoisotopic (exact) mass is 554 g/mol. The summed E-state index contributed by atoms with van der Waals surface area (Å²) in [6.45, 7) is 2.52.